The number of fused-ring (bicyclic) bond motifs is 2. The summed E-state index contributed by atoms with van der Waals surface area (Å²) >= 11 is 12.9. The Morgan fingerprint density at radius 2 is 1.97 bits per heavy atom. The average molecular weight is 507 g/mol. The van der Waals surface area contributed by atoms with Crippen LogP contribution in [0.3, 0.4) is 0 Å². The Bertz CT molecular complexity index is 1360. The van der Waals surface area contributed by atoms with E-state index in [2.05, 4.69) is 50.8 Å². The number of aromatic nitrogens is 2. The van der Waals surface area contributed by atoms with E-state index in [0.29, 0.717) is 10.2 Å². The van der Waals surface area contributed by atoms with Gasteiger partial charge in [0.1, 0.15) is 11.0 Å². The maximum Gasteiger partial charge on any atom is 0.136 e. The van der Waals surface area contributed by atoms with Crippen LogP contribution >= 0.6 is 23.2 Å². The molecule has 1 spiro atoms. The first-order valence-electron chi connectivity index (χ1n) is 11.7. The number of aliphatic imine (C=N–C) groups is 2. The van der Waals surface area contributed by atoms with Gasteiger partial charge in [0.2, 0.25) is 0 Å². The van der Waals surface area contributed by atoms with Gasteiger partial charge >= 0.3 is 0 Å². The number of nitrogens with two attached hydrogens (primary N) is 1. The van der Waals surface area contributed by atoms with E-state index in [9.17, 15) is 0 Å². The topological polar surface area (TPSA) is 71.8 Å². The highest BCUT2D eigenvalue weighted by Crippen LogP contribution is 2.50. The summed E-state index contributed by atoms with van der Waals surface area (Å²) in [4.78, 5) is 11.2. The van der Waals surface area contributed by atoms with Gasteiger partial charge in [0.05, 0.1) is 15.9 Å². The van der Waals surface area contributed by atoms with Crippen molar-refractivity contribution in [3.63, 3.8) is 0 Å². The SMILES string of the molecule is C=C\N=C(/C=C/N=C/c1ccc2nn(C)c(Cl)c2c1Cl)N1CCC2(CC1)Cc1ccccc1[C@H]2N. The number of rotatable bonds is 4. The highest BCUT2D eigenvalue weighted by atomic mass is 35.5. The Labute approximate surface area is 215 Å². The van der Waals surface area contributed by atoms with Gasteiger partial charge in [-0.25, -0.2) is 4.99 Å². The highest BCUT2D eigenvalue weighted by Gasteiger charge is 2.45. The van der Waals surface area contributed by atoms with Crippen LogP contribution in [-0.2, 0) is 13.5 Å². The minimum atomic E-state index is 0.0937. The van der Waals surface area contributed by atoms with Gasteiger partial charge < -0.3 is 10.6 Å². The van der Waals surface area contributed by atoms with E-state index in [-0.39, 0.29) is 11.5 Å². The van der Waals surface area contributed by atoms with E-state index in [1.54, 1.807) is 30.3 Å². The van der Waals surface area contributed by atoms with Gasteiger partial charge in [-0.2, -0.15) is 5.10 Å². The van der Waals surface area contributed by atoms with Crippen LogP contribution in [0.2, 0.25) is 10.2 Å². The molecule has 3 aromatic rings. The van der Waals surface area contributed by atoms with Crippen LogP contribution in [0.5, 0.6) is 0 Å². The molecule has 1 aromatic heterocycles. The third kappa shape index (κ3) is 4.31. The van der Waals surface area contributed by atoms with Gasteiger partial charge in [0, 0.05) is 50.4 Å². The number of halogens is 2. The van der Waals surface area contributed by atoms with Crippen molar-refractivity contribution in [3.8, 4) is 0 Å². The van der Waals surface area contributed by atoms with Gasteiger partial charge in [-0.15, -0.1) is 0 Å². The number of nitrogens with zero attached hydrogens (tertiary/aromatic N) is 5. The number of amidine groups is 1. The Kier molecular flexibility index (Phi) is 6.53. The number of likely N-dealkylation sites (tertiary alicyclic amines) is 1. The van der Waals surface area contributed by atoms with Crippen LogP contribution in [0, 0.1) is 5.41 Å². The van der Waals surface area contributed by atoms with Crippen LogP contribution in [-0.4, -0.2) is 39.8 Å². The second-order valence-corrected chi connectivity index (χ2v) is 9.98. The van der Waals surface area contributed by atoms with Crippen molar-refractivity contribution in [1.29, 1.82) is 0 Å². The molecule has 1 saturated heterocycles. The molecule has 0 radical (unpaired) electrons. The molecule has 2 aliphatic rings. The normalized spacial score (nSPS) is 19.9. The number of aryl methyl sites for hydroxylation is 1. The highest BCUT2D eigenvalue weighted by molar-refractivity contribution is 6.43. The van der Waals surface area contributed by atoms with Crippen molar-refractivity contribution in [1.82, 2.24) is 14.7 Å². The number of piperidine rings is 1. The smallest absolute Gasteiger partial charge is 0.136 e. The van der Waals surface area contributed by atoms with Crippen LogP contribution in [0.1, 0.15) is 35.6 Å². The van der Waals surface area contributed by atoms with Crippen molar-refractivity contribution in [3.05, 3.63) is 88.3 Å². The Morgan fingerprint density at radius 3 is 2.71 bits per heavy atom. The lowest BCUT2D eigenvalue weighted by Crippen LogP contribution is -2.46. The number of hydrogen-bond acceptors (Lipinski definition) is 4. The third-order valence-corrected chi connectivity index (χ3v) is 8.16. The zero-order chi connectivity index (χ0) is 24.6. The van der Waals surface area contributed by atoms with Crippen molar-refractivity contribution in [2.45, 2.75) is 25.3 Å². The summed E-state index contributed by atoms with van der Waals surface area (Å²) < 4.78 is 1.61. The molecule has 2 aromatic carbocycles. The molecular formula is C27H28Cl2N6. The van der Waals surface area contributed by atoms with Crippen molar-refractivity contribution < 1.29 is 0 Å². The molecule has 2 heterocycles. The predicted molar refractivity (Wildman–Crippen MR) is 145 cm³/mol. The molecule has 0 bridgehead atoms. The molecule has 0 saturated carbocycles. The predicted octanol–water partition coefficient (Wildman–Crippen LogP) is 5.69. The standard InChI is InChI=1S/C27H28Cl2N6/c1-3-32-22(10-13-31-17-19-8-9-21-23(24(19)28)26(29)34(2)33-21)35-14-11-27(12-15-35)16-18-6-4-5-7-20(18)25(27)30/h3-10,13,17,25H,1,11-12,14-16,30H2,2H3/b13-10+,31-17+,32-22+/t25-/m1/s1. The maximum absolute atomic E-state index is 6.72. The van der Waals surface area contributed by atoms with E-state index in [1.165, 1.54) is 11.1 Å². The molecule has 35 heavy (non-hydrogen) atoms. The Balaban J connectivity index is 1.27. The summed E-state index contributed by atoms with van der Waals surface area (Å²) in [6.45, 7) is 5.57. The molecular weight excluding hydrogens is 479 g/mol. The lowest BCUT2D eigenvalue weighted by molar-refractivity contribution is 0.128. The monoisotopic (exact) mass is 506 g/mol. The van der Waals surface area contributed by atoms with E-state index in [0.717, 1.165) is 54.7 Å². The molecule has 5 rings (SSSR count). The largest absolute Gasteiger partial charge is 0.357 e. The van der Waals surface area contributed by atoms with Gasteiger partial charge in [-0.3, -0.25) is 9.67 Å². The van der Waals surface area contributed by atoms with Gasteiger partial charge in [-0.05, 0) is 54.0 Å². The second kappa shape index (κ2) is 9.61. The quantitative estimate of drug-likeness (QED) is 0.364. The fourth-order valence-corrected chi connectivity index (χ4v) is 5.95. The van der Waals surface area contributed by atoms with Crippen LogP contribution in [0.4, 0.5) is 0 Å². The summed E-state index contributed by atoms with van der Waals surface area (Å²) in [6, 6.07) is 12.5. The fraction of sp³-hybridized carbons (Fsp3) is 0.296. The maximum atomic E-state index is 6.72. The molecule has 1 aliphatic heterocycles. The average Bonchev–Trinajstić information content (AvgIpc) is 3.31. The Morgan fingerprint density at radius 1 is 1.20 bits per heavy atom. The van der Waals surface area contributed by atoms with E-state index in [4.69, 9.17) is 28.9 Å². The van der Waals surface area contributed by atoms with E-state index in [1.807, 2.05) is 18.2 Å². The van der Waals surface area contributed by atoms with Crippen molar-refractivity contribution >= 4 is 46.2 Å². The zero-order valence-corrected chi connectivity index (χ0v) is 21.2. The molecule has 8 heteroatoms. The van der Waals surface area contributed by atoms with Crippen molar-refractivity contribution in [2.24, 2.45) is 28.2 Å². The first-order valence-corrected chi connectivity index (χ1v) is 12.5. The van der Waals surface area contributed by atoms with Gasteiger partial charge in [-0.1, -0.05) is 54.0 Å². The van der Waals surface area contributed by atoms with E-state index < -0.39 is 0 Å². The Hall–Kier alpha value is -2.93. The minimum absolute atomic E-state index is 0.0937. The van der Waals surface area contributed by atoms with Crippen LogP contribution in [0.15, 0.2) is 71.4 Å². The van der Waals surface area contributed by atoms with Gasteiger partial charge in [0.25, 0.3) is 0 Å². The summed E-state index contributed by atoms with van der Waals surface area (Å²) in [5, 5.41) is 6.12. The first-order chi connectivity index (χ1) is 16.9. The first kappa shape index (κ1) is 23.8. The molecule has 180 valence electrons. The molecule has 0 unspecified atom stereocenters. The molecule has 6 nitrogen and oxygen atoms in total. The summed E-state index contributed by atoms with van der Waals surface area (Å²) in [5.74, 6) is 0.841. The molecule has 1 aliphatic carbocycles. The molecule has 1 atom stereocenters. The summed E-state index contributed by atoms with van der Waals surface area (Å²) in [7, 11) is 1.79. The number of benzene rings is 2. The molecule has 0 amide bonds. The summed E-state index contributed by atoms with van der Waals surface area (Å²) in [5.41, 5.74) is 11.1. The van der Waals surface area contributed by atoms with Crippen molar-refractivity contribution in [2.75, 3.05) is 13.1 Å². The second-order valence-electron chi connectivity index (χ2n) is 9.24. The fourth-order valence-electron chi connectivity index (χ4n) is 5.37. The third-order valence-electron chi connectivity index (χ3n) is 7.32. The molecule has 2 N–H and O–H groups in total. The van der Waals surface area contributed by atoms with Crippen LogP contribution in [0.25, 0.3) is 10.9 Å². The van der Waals surface area contributed by atoms with Gasteiger partial charge in [0.15, 0.2) is 0 Å². The van der Waals surface area contributed by atoms with E-state index >= 15 is 0 Å². The van der Waals surface area contributed by atoms with Crippen LogP contribution < -0.4 is 5.73 Å². The summed E-state index contributed by atoms with van der Waals surface area (Å²) in [6.07, 6.45) is 10.0. The zero-order valence-electron chi connectivity index (χ0n) is 19.7. The lowest BCUT2D eigenvalue weighted by Gasteiger charge is -2.42. The lowest BCUT2D eigenvalue weighted by atomic mass is 9.73. The molecule has 1 fully saturated rings. The number of hydrogen-bond donors (Lipinski definition) is 1. The minimum Gasteiger partial charge on any atom is -0.357 e.